The summed E-state index contributed by atoms with van der Waals surface area (Å²) in [7, 11) is 0. The van der Waals surface area contributed by atoms with Gasteiger partial charge in [-0.05, 0) is 82.3 Å². The number of nitrogens with one attached hydrogen (secondary N) is 4. The first-order valence-corrected chi connectivity index (χ1v) is 12.5. The van der Waals surface area contributed by atoms with E-state index in [-0.39, 0.29) is 46.3 Å². The van der Waals surface area contributed by atoms with Crippen LogP contribution in [-0.4, -0.2) is 33.4 Å². The third kappa shape index (κ3) is 5.24. The number of anilines is 4. The molecule has 1 saturated carbocycles. The van der Waals surface area contributed by atoms with Gasteiger partial charge in [0, 0.05) is 30.0 Å². The van der Waals surface area contributed by atoms with Gasteiger partial charge in [0.15, 0.2) is 0 Å². The van der Waals surface area contributed by atoms with Gasteiger partial charge in [0.1, 0.15) is 34.4 Å². The van der Waals surface area contributed by atoms with Crippen LogP contribution in [-0.2, 0) is 17.6 Å². The molecule has 4 N–H and O–H groups in total. The van der Waals surface area contributed by atoms with Crippen molar-refractivity contribution in [3.8, 4) is 0 Å². The lowest BCUT2D eigenvalue weighted by Crippen LogP contribution is -2.36. The third-order valence-corrected chi connectivity index (χ3v) is 6.59. The molecule has 1 aromatic carbocycles. The number of nitrogens with zero attached hydrogens (tertiary/aromatic N) is 3. The largest absolute Gasteiger partial charge is 0.350 e. The minimum atomic E-state index is -1.99. The first-order chi connectivity index (χ1) is 17.5. The molecule has 1 fully saturated rings. The Hall–Kier alpha value is -3.66. The van der Waals surface area contributed by atoms with Crippen LogP contribution in [0, 0.1) is 5.82 Å². The van der Waals surface area contributed by atoms with E-state index in [1.54, 1.807) is 0 Å². The Balaban J connectivity index is 1.46. The summed E-state index contributed by atoms with van der Waals surface area (Å²) in [6.45, 7) is 7.10. The van der Waals surface area contributed by atoms with Gasteiger partial charge < -0.3 is 21.3 Å². The molecule has 5 rings (SSSR count). The van der Waals surface area contributed by atoms with Gasteiger partial charge >= 0.3 is 0 Å². The Kier molecular flexibility index (Phi) is 6.31. The lowest BCUT2D eigenvalue weighted by molar-refractivity contribution is 0.0943. The zero-order valence-electron chi connectivity index (χ0n) is 21.4. The number of carbonyl (C=O) groups is 1. The van der Waals surface area contributed by atoms with Crippen molar-refractivity contribution in [3.63, 3.8) is 0 Å². The lowest BCUT2D eigenvalue weighted by atomic mass is 9.92. The van der Waals surface area contributed by atoms with Crippen molar-refractivity contribution in [1.29, 1.82) is 0 Å². The Labute approximate surface area is 214 Å². The summed E-state index contributed by atoms with van der Waals surface area (Å²) in [4.78, 5) is 25.8. The first kappa shape index (κ1) is 25.0. The zero-order valence-corrected chi connectivity index (χ0v) is 21.4. The molecule has 10 heteroatoms. The van der Waals surface area contributed by atoms with Gasteiger partial charge in [-0.1, -0.05) is 6.07 Å². The maximum absolute atomic E-state index is 14.5. The van der Waals surface area contributed by atoms with E-state index in [0.717, 1.165) is 37.6 Å². The lowest BCUT2D eigenvalue weighted by Gasteiger charge is -2.27. The Morgan fingerprint density at radius 2 is 1.92 bits per heavy atom. The molecule has 37 heavy (non-hydrogen) atoms. The summed E-state index contributed by atoms with van der Waals surface area (Å²) in [6.07, 6.45) is 4.67. The van der Waals surface area contributed by atoms with Crippen LogP contribution in [0.5, 0.6) is 0 Å². The van der Waals surface area contributed by atoms with Crippen molar-refractivity contribution < 1.29 is 13.6 Å². The maximum atomic E-state index is 14.5. The van der Waals surface area contributed by atoms with Crippen LogP contribution in [0.3, 0.4) is 0 Å². The highest BCUT2D eigenvalue weighted by atomic mass is 19.1. The Bertz CT molecular complexity index is 1350. The minimum Gasteiger partial charge on any atom is -0.350 e. The number of rotatable bonds is 7. The maximum Gasteiger partial charge on any atom is 0.256 e. The summed E-state index contributed by atoms with van der Waals surface area (Å²) >= 11 is 0. The highest BCUT2D eigenvalue weighted by molar-refractivity contribution is 5.99. The molecule has 0 unspecified atom stereocenters. The van der Waals surface area contributed by atoms with Gasteiger partial charge in [-0.2, -0.15) is 4.98 Å². The molecule has 1 aliphatic heterocycles. The van der Waals surface area contributed by atoms with Crippen LogP contribution >= 0.6 is 0 Å². The molecule has 1 aliphatic carbocycles. The van der Waals surface area contributed by atoms with Gasteiger partial charge in [-0.25, -0.2) is 18.7 Å². The van der Waals surface area contributed by atoms with Crippen molar-refractivity contribution in [2.24, 2.45) is 0 Å². The Morgan fingerprint density at radius 3 is 2.62 bits per heavy atom. The molecule has 0 saturated heterocycles. The van der Waals surface area contributed by atoms with Crippen molar-refractivity contribution >= 4 is 29.2 Å². The Morgan fingerprint density at radius 1 is 1.14 bits per heavy atom. The van der Waals surface area contributed by atoms with E-state index in [1.165, 1.54) is 37.2 Å². The summed E-state index contributed by atoms with van der Waals surface area (Å²) in [5.74, 6) is -0.547. The number of carbonyl (C=O) groups excluding carboxylic acids is 1. The predicted molar refractivity (Wildman–Crippen MR) is 139 cm³/mol. The number of alkyl halides is 1. The molecule has 2 aliphatic rings. The number of hydrogen-bond donors (Lipinski definition) is 4. The quantitative estimate of drug-likeness (QED) is 0.358. The molecule has 2 aromatic heterocycles. The molecular formula is C27H31F2N7O. The molecule has 8 nitrogen and oxygen atoms in total. The smallest absolute Gasteiger partial charge is 0.256 e. The standard InChI is InChI=1S/C27H31F2N7O/c1-15(2)32-24(37)18-14-30-25(33-17-5-6-19-16(13-17)9-12-31-27(19)10-11-27)36-23(18)35-21-8-7-20(28)22(34-21)26(3,4)29/h5-8,13-15,31H,9-12H2,1-4H3,(H,32,37)(H2,30,33,34,35,36). The van der Waals surface area contributed by atoms with E-state index >= 15 is 0 Å². The van der Waals surface area contributed by atoms with Crippen LogP contribution in [0.25, 0.3) is 0 Å². The summed E-state index contributed by atoms with van der Waals surface area (Å²) in [5, 5.41) is 12.6. The normalized spacial score (nSPS) is 15.9. The van der Waals surface area contributed by atoms with Crippen molar-refractivity contribution in [2.75, 3.05) is 17.2 Å². The van der Waals surface area contributed by atoms with E-state index in [1.807, 2.05) is 19.9 Å². The van der Waals surface area contributed by atoms with Gasteiger partial charge in [0.2, 0.25) is 5.95 Å². The van der Waals surface area contributed by atoms with Crippen LogP contribution in [0.1, 0.15) is 67.7 Å². The fourth-order valence-electron chi connectivity index (χ4n) is 4.67. The van der Waals surface area contributed by atoms with Gasteiger partial charge in [-0.15, -0.1) is 0 Å². The van der Waals surface area contributed by atoms with Crippen molar-refractivity contribution in [2.45, 2.75) is 64.2 Å². The van der Waals surface area contributed by atoms with E-state index in [4.69, 9.17) is 0 Å². The van der Waals surface area contributed by atoms with Gasteiger partial charge in [0.05, 0.1) is 0 Å². The summed E-state index contributed by atoms with van der Waals surface area (Å²) < 4.78 is 28.7. The second-order valence-electron chi connectivity index (χ2n) is 10.5. The number of benzene rings is 1. The van der Waals surface area contributed by atoms with Crippen molar-refractivity contribution in [1.82, 2.24) is 25.6 Å². The molecule has 3 aromatic rings. The minimum absolute atomic E-state index is 0.110. The number of hydrogen-bond acceptors (Lipinski definition) is 7. The summed E-state index contributed by atoms with van der Waals surface area (Å²) in [6, 6.07) is 8.65. The average molecular weight is 508 g/mol. The molecule has 3 heterocycles. The fourth-order valence-corrected chi connectivity index (χ4v) is 4.67. The number of pyridine rings is 1. The topological polar surface area (TPSA) is 104 Å². The number of fused-ring (bicyclic) bond motifs is 2. The first-order valence-electron chi connectivity index (χ1n) is 12.5. The van der Waals surface area contributed by atoms with E-state index in [0.29, 0.717) is 0 Å². The number of amides is 1. The second-order valence-corrected chi connectivity index (χ2v) is 10.5. The average Bonchev–Trinajstić information content (AvgIpc) is 3.59. The van der Waals surface area contributed by atoms with Gasteiger partial charge in [-0.3, -0.25) is 4.79 Å². The second kappa shape index (κ2) is 9.33. The van der Waals surface area contributed by atoms with E-state index in [2.05, 4.69) is 48.4 Å². The molecule has 0 bridgehead atoms. The highest BCUT2D eigenvalue weighted by Crippen LogP contribution is 2.49. The molecule has 0 radical (unpaired) electrons. The monoisotopic (exact) mass is 507 g/mol. The van der Waals surface area contributed by atoms with E-state index < -0.39 is 11.5 Å². The summed E-state index contributed by atoms with van der Waals surface area (Å²) in [5.41, 5.74) is 1.47. The molecular weight excluding hydrogens is 476 g/mol. The molecule has 1 amide bonds. The van der Waals surface area contributed by atoms with Crippen molar-refractivity contribution in [3.05, 3.63) is 64.7 Å². The van der Waals surface area contributed by atoms with Crippen LogP contribution in [0.2, 0.25) is 0 Å². The van der Waals surface area contributed by atoms with Crippen LogP contribution in [0.15, 0.2) is 36.5 Å². The predicted octanol–water partition coefficient (Wildman–Crippen LogP) is 4.98. The zero-order chi connectivity index (χ0) is 26.4. The fraction of sp³-hybridized carbons (Fsp3) is 0.407. The third-order valence-electron chi connectivity index (χ3n) is 6.59. The number of halogens is 2. The van der Waals surface area contributed by atoms with E-state index in [9.17, 15) is 13.6 Å². The molecule has 194 valence electrons. The SMILES string of the molecule is CC(C)NC(=O)c1cnc(Nc2ccc3c(c2)CCNC32CC2)nc1Nc1ccc(F)c(C(C)(C)F)n1. The van der Waals surface area contributed by atoms with Gasteiger partial charge in [0.25, 0.3) is 5.91 Å². The van der Waals surface area contributed by atoms with Crippen LogP contribution < -0.4 is 21.3 Å². The highest BCUT2D eigenvalue weighted by Gasteiger charge is 2.46. The molecule has 1 spiro atoms. The molecule has 0 atom stereocenters. The van der Waals surface area contributed by atoms with Crippen LogP contribution in [0.4, 0.5) is 32.1 Å². The number of aromatic nitrogens is 3.